The van der Waals surface area contributed by atoms with Crippen molar-refractivity contribution >= 4 is 17.6 Å². The second kappa shape index (κ2) is 7.84. The minimum absolute atomic E-state index is 0.0289. The van der Waals surface area contributed by atoms with Crippen LogP contribution in [0.25, 0.3) is 0 Å². The standard InChI is InChI=1S/C18H25N3O4/c1-13-3-4-15(17(22)20-5-8-24-9-6-20)11-16(13)19-18(23)21-7-10-25-14(2)12-21/h3-4,11,14H,5-10,12H2,1-2H3,(H,19,23)/t14-/m1/s1. The van der Waals surface area contributed by atoms with E-state index in [2.05, 4.69) is 5.32 Å². The first-order valence-electron chi connectivity index (χ1n) is 8.70. The topological polar surface area (TPSA) is 71.1 Å². The molecule has 1 atom stereocenters. The molecule has 0 radical (unpaired) electrons. The van der Waals surface area contributed by atoms with E-state index in [1.165, 1.54) is 0 Å². The lowest BCUT2D eigenvalue weighted by atomic mass is 10.1. The highest BCUT2D eigenvalue weighted by molar-refractivity contribution is 5.97. The summed E-state index contributed by atoms with van der Waals surface area (Å²) in [6.07, 6.45) is 0.0369. The smallest absolute Gasteiger partial charge is 0.322 e. The summed E-state index contributed by atoms with van der Waals surface area (Å²) in [6.45, 7) is 7.88. The predicted molar refractivity (Wildman–Crippen MR) is 93.9 cm³/mol. The summed E-state index contributed by atoms with van der Waals surface area (Å²) in [7, 11) is 0. The average Bonchev–Trinajstić information content (AvgIpc) is 2.63. The van der Waals surface area contributed by atoms with Crippen LogP contribution in [-0.2, 0) is 9.47 Å². The fraction of sp³-hybridized carbons (Fsp3) is 0.556. The van der Waals surface area contributed by atoms with E-state index >= 15 is 0 Å². The number of anilines is 1. The normalized spacial score (nSPS) is 21.1. The number of rotatable bonds is 2. The lowest BCUT2D eigenvalue weighted by molar-refractivity contribution is -0.00138. The molecule has 2 saturated heterocycles. The Morgan fingerprint density at radius 2 is 1.84 bits per heavy atom. The molecule has 1 aromatic carbocycles. The molecule has 0 unspecified atom stereocenters. The van der Waals surface area contributed by atoms with Crippen LogP contribution in [0.15, 0.2) is 18.2 Å². The zero-order valence-corrected chi connectivity index (χ0v) is 14.8. The molecule has 1 N–H and O–H groups in total. The number of urea groups is 1. The molecule has 1 aromatic rings. The maximum Gasteiger partial charge on any atom is 0.322 e. The number of hydrogen-bond acceptors (Lipinski definition) is 4. The van der Waals surface area contributed by atoms with E-state index in [0.717, 1.165) is 5.56 Å². The van der Waals surface area contributed by atoms with Crippen molar-refractivity contribution in [2.45, 2.75) is 20.0 Å². The summed E-state index contributed by atoms with van der Waals surface area (Å²) in [4.78, 5) is 28.6. The Morgan fingerprint density at radius 3 is 2.56 bits per heavy atom. The Bertz CT molecular complexity index is 643. The summed E-state index contributed by atoms with van der Waals surface area (Å²) in [5.41, 5.74) is 2.18. The van der Waals surface area contributed by atoms with Gasteiger partial charge in [0, 0.05) is 37.4 Å². The molecule has 7 heteroatoms. The molecular weight excluding hydrogens is 322 g/mol. The van der Waals surface area contributed by atoms with Crippen molar-refractivity contribution in [1.82, 2.24) is 9.80 Å². The first kappa shape index (κ1) is 17.7. The van der Waals surface area contributed by atoms with Gasteiger partial charge < -0.3 is 24.6 Å². The van der Waals surface area contributed by atoms with Gasteiger partial charge in [-0.15, -0.1) is 0 Å². The van der Waals surface area contributed by atoms with Crippen LogP contribution >= 0.6 is 0 Å². The van der Waals surface area contributed by atoms with Gasteiger partial charge in [0.2, 0.25) is 0 Å². The van der Waals surface area contributed by atoms with Crippen LogP contribution in [0.4, 0.5) is 10.5 Å². The fourth-order valence-electron chi connectivity index (χ4n) is 3.04. The average molecular weight is 347 g/mol. The summed E-state index contributed by atoms with van der Waals surface area (Å²) in [6, 6.07) is 5.27. The van der Waals surface area contributed by atoms with Crippen molar-refractivity contribution in [3.63, 3.8) is 0 Å². The highest BCUT2D eigenvalue weighted by Crippen LogP contribution is 2.20. The number of carbonyl (C=O) groups excluding carboxylic acids is 2. The van der Waals surface area contributed by atoms with Gasteiger partial charge >= 0.3 is 6.03 Å². The molecule has 2 fully saturated rings. The Labute approximate surface area is 147 Å². The number of ether oxygens (including phenoxy) is 2. The van der Waals surface area contributed by atoms with Gasteiger partial charge in [-0.05, 0) is 31.5 Å². The number of benzene rings is 1. The second-order valence-electron chi connectivity index (χ2n) is 6.49. The van der Waals surface area contributed by atoms with Crippen LogP contribution in [-0.4, -0.2) is 73.8 Å². The minimum atomic E-state index is -0.158. The maximum absolute atomic E-state index is 12.6. The molecule has 2 heterocycles. The van der Waals surface area contributed by atoms with Gasteiger partial charge in [0.05, 0.1) is 25.9 Å². The van der Waals surface area contributed by atoms with E-state index in [1.54, 1.807) is 21.9 Å². The number of nitrogens with one attached hydrogen (secondary N) is 1. The number of morpholine rings is 2. The van der Waals surface area contributed by atoms with Gasteiger partial charge in [-0.3, -0.25) is 4.79 Å². The minimum Gasteiger partial charge on any atom is -0.378 e. The Kier molecular flexibility index (Phi) is 5.55. The summed E-state index contributed by atoms with van der Waals surface area (Å²) >= 11 is 0. The van der Waals surface area contributed by atoms with E-state index in [0.29, 0.717) is 57.3 Å². The van der Waals surface area contributed by atoms with E-state index in [1.807, 2.05) is 19.9 Å². The van der Waals surface area contributed by atoms with Crippen LogP contribution in [0.3, 0.4) is 0 Å². The molecule has 0 saturated carbocycles. The van der Waals surface area contributed by atoms with Gasteiger partial charge in [0.25, 0.3) is 5.91 Å². The van der Waals surface area contributed by atoms with Crippen LogP contribution in [0, 0.1) is 6.92 Å². The SMILES string of the molecule is Cc1ccc(C(=O)N2CCOCC2)cc1NC(=O)N1CCO[C@H](C)C1. The fourth-order valence-corrected chi connectivity index (χ4v) is 3.04. The Balaban J connectivity index is 1.70. The molecular formula is C18H25N3O4. The molecule has 3 amide bonds. The summed E-state index contributed by atoms with van der Waals surface area (Å²) in [5, 5.41) is 2.93. The number of aryl methyl sites for hydroxylation is 1. The number of carbonyl (C=O) groups is 2. The second-order valence-corrected chi connectivity index (χ2v) is 6.49. The van der Waals surface area contributed by atoms with Crippen molar-refractivity contribution in [1.29, 1.82) is 0 Å². The van der Waals surface area contributed by atoms with Gasteiger partial charge in [0.1, 0.15) is 0 Å². The van der Waals surface area contributed by atoms with E-state index in [-0.39, 0.29) is 18.0 Å². The molecule has 0 aromatic heterocycles. The summed E-state index contributed by atoms with van der Waals surface area (Å²) < 4.78 is 10.8. The predicted octanol–water partition coefficient (Wildman–Crippen LogP) is 1.72. The first-order valence-corrected chi connectivity index (χ1v) is 8.70. The van der Waals surface area contributed by atoms with Gasteiger partial charge in [0.15, 0.2) is 0 Å². The van der Waals surface area contributed by atoms with Crippen LogP contribution < -0.4 is 5.32 Å². The number of nitrogens with zero attached hydrogens (tertiary/aromatic N) is 2. The van der Waals surface area contributed by atoms with Crippen molar-refractivity contribution in [2.24, 2.45) is 0 Å². The molecule has 2 aliphatic heterocycles. The number of hydrogen-bond donors (Lipinski definition) is 1. The highest BCUT2D eigenvalue weighted by Gasteiger charge is 2.23. The monoisotopic (exact) mass is 347 g/mol. The summed E-state index contributed by atoms with van der Waals surface area (Å²) in [5.74, 6) is -0.0289. The van der Waals surface area contributed by atoms with Gasteiger partial charge in [-0.25, -0.2) is 4.79 Å². The molecule has 7 nitrogen and oxygen atoms in total. The zero-order valence-electron chi connectivity index (χ0n) is 14.8. The molecule has 0 spiro atoms. The van der Waals surface area contributed by atoms with E-state index in [4.69, 9.17) is 9.47 Å². The third-order valence-corrected chi connectivity index (χ3v) is 4.55. The zero-order chi connectivity index (χ0) is 17.8. The first-order chi connectivity index (χ1) is 12.0. The van der Waals surface area contributed by atoms with Gasteiger partial charge in [-0.1, -0.05) is 6.07 Å². The third-order valence-electron chi connectivity index (χ3n) is 4.55. The van der Waals surface area contributed by atoms with E-state index in [9.17, 15) is 9.59 Å². The van der Waals surface area contributed by atoms with Crippen molar-refractivity contribution < 1.29 is 19.1 Å². The molecule has 2 aliphatic rings. The molecule has 25 heavy (non-hydrogen) atoms. The Hall–Kier alpha value is -2.12. The third kappa shape index (κ3) is 4.29. The van der Waals surface area contributed by atoms with Crippen molar-refractivity contribution in [3.8, 4) is 0 Å². The van der Waals surface area contributed by atoms with Crippen molar-refractivity contribution in [3.05, 3.63) is 29.3 Å². The van der Waals surface area contributed by atoms with Crippen LogP contribution in [0.5, 0.6) is 0 Å². The lowest BCUT2D eigenvalue weighted by Crippen LogP contribution is -2.46. The number of amides is 3. The molecule has 136 valence electrons. The maximum atomic E-state index is 12.6. The molecule has 3 rings (SSSR count). The largest absolute Gasteiger partial charge is 0.378 e. The Morgan fingerprint density at radius 1 is 1.12 bits per heavy atom. The van der Waals surface area contributed by atoms with Crippen LogP contribution in [0.1, 0.15) is 22.8 Å². The quantitative estimate of drug-likeness (QED) is 0.884. The van der Waals surface area contributed by atoms with Gasteiger partial charge in [-0.2, -0.15) is 0 Å². The van der Waals surface area contributed by atoms with Crippen LogP contribution in [0.2, 0.25) is 0 Å². The molecule has 0 aliphatic carbocycles. The highest BCUT2D eigenvalue weighted by atomic mass is 16.5. The molecule has 0 bridgehead atoms. The van der Waals surface area contributed by atoms with E-state index < -0.39 is 0 Å². The van der Waals surface area contributed by atoms with Crippen molar-refractivity contribution in [2.75, 3.05) is 51.3 Å². The lowest BCUT2D eigenvalue weighted by Gasteiger charge is -2.31.